The fraction of sp³-hybridized carbons (Fsp3) is 0.174. The van der Waals surface area contributed by atoms with Gasteiger partial charge in [0, 0.05) is 17.6 Å². The first-order valence-corrected chi connectivity index (χ1v) is 11.6. The summed E-state index contributed by atoms with van der Waals surface area (Å²) in [5.74, 6) is -0.333. The van der Waals surface area contributed by atoms with Crippen molar-refractivity contribution in [3.8, 4) is 11.5 Å². The monoisotopic (exact) mass is 492 g/mol. The Morgan fingerprint density at radius 3 is 2.21 bits per heavy atom. The zero-order valence-corrected chi connectivity index (χ0v) is 19.5. The van der Waals surface area contributed by atoms with Crippen LogP contribution in [0.4, 0.5) is 10.1 Å². The molecule has 1 N–H and O–H groups in total. The van der Waals surface area contributed by atoms with Gasteiger partial charge in [0.25, 0.3) is 10.0 Å². The molecule has 0 aliphatic heterocycles. The van der Waals surface area contributed by atoms with Crippen LogP contribution in [0.5, 0.6) is 11.5 Å². The normalized spacial score (nSPS) is 11.0. The van der Waals surface area contributed by atoms with E-state index >= 15 is 0 Å². The fourth-order valence-electron chi connectivity index (χ4n) is 3.02. The summed E-state index contributed by atoms with van der Waals surface area (Å²) in [4.78, 5) is 12.6. The average molecular weight is 493 g/mol. The number of benzene rings is 3. The molecule has 3 aromatic carbocycles. The number of amides is 1. The molecule has 0 aliphatic rings. The second-order valence-electron chi connectivity index (χ2n) is 6.91. The number of anilines is 1. The minimum atomic E-state index is -4.16. The molecule has 3 aromatic rings. The van der Waals surface area contributed by atoms with Crippen molar-refractivity contribution in [3.63, 3.8) is 0 Å². The SMILES string of the molecule is COc1ccc(S(=O)(=O)N(CC(=O)NCc2ccc(F)cc2)c2ccc(Cl)cc2)cc1OC. The molecule has 33 heavy (non-hydrogen) atoms. The second kappa shape index (κ2) is 10.5. The van der Waals surface area contributed by atoms with Crippen LogP contribution in [0.1, 0.15) is 5.56 Å². The molecule has 0 radical (unpaired) electrons. The van der Waals surface area contributed by atoms with Crippen LogP contribution in [0, 0.1) is 5.82 Å². The van der Waals surface area contributed by atoms with Crippen LogP contribution in [0.2, 0.25) is 5.02 Å². The number of carbonyl (C=O) groups excluding carboxylic acids is 1. The molecule has 0 bridgehead atoms. The molecule has 0 aliphatic carbocycles. The van der Waals surface area contributed by atoms with Gasteiger partial charge in [0.2, 0.25) is 5.91 Å². The van der Waals surface area contributed by atoms with Crippen molar-refractivity contribution in [2.45, 2.75) is 11.4 Å². The van der Waals surface area contributed by atoms with Crippen LogP contribution in [0.3, 0.4) is 0 Å². The van der Waals surface area contributed by atoms with E-state index in [2.05, 4.69) is 5.32 Å². The predicted molar refractivity (Wildman–Crippen MR) is 124 cm³/mol. The Hall–Kier alpha value is -3.30. The molecule has 0 heterocycles. The first-order valence-electron chi connectivity index (χ1n) is 9.76. The molecule has 0 saturated heterocycles. The second-order valence-corrected chi connectivity index (χ2v) is 9.21. The highest BCUT2D eigenvalue weighted by Crippen LogP contribution is 2.32. The van der Waals surface area contributed by atoms with Crippen molar-refractivity contribution in [3.05, 3.63) is 83.1 Å². The van der Waals surface area contributed by atoms with Crippen molar-refractivity contribution < 1.29 is 27.1 Å². The fourth-order valence-corrected chi connectivity index (χ4v) is 4.58. The lowest BCUT2D eigenvalue weighted by Gasteiger charge is -2.24. The summed E-state index contributed by atoms with van der Waals surface area (Å²) in [6.45, 7) is -0.372. The van der Waals surface area contributed by atoms with Gasteiger partial charge < -0.3 is 14.8 Å². The minimum absolute atomic E-state index is 0.0820. The molecule has 1 amide bonds. The highest BCUT2D eigenvalue weighted by atomic mass is 35.5. The van der Waals surface area contributed by atoms with Gasteiger partial charge in [-0.25, -0.2) is 12.8 Å². The van der Waals surface area contributed by atoms with Gasteiger partial charge >= 0.3 is 0 Å². The summed E-state index contributed by atoms with van der Waals surface area (Å²) in [7, 11) is -1.33. The standard InChI is InChI=1S/C23H22ClFN2O5S/c1-31-21-12-11-20(13-22(21)32-2)33(29,30)27(19-9-5-17(24)6-10-19)15-23(28)26-14-16-3-7-18(25)8-4-16/h3-13H,14-15H2,1-2H3,(H,26,28). The molecular formula is C23H22ClFN2O5S. The third-order valence-electron chi connectivity index (χ3n) is 4.75. The van der Waals surface area contributed by atoms with Gasteiger partial charge in [-0.3, -0.25) is 9.10 Å². The topological polar surface area (TPSA) is 84.9 Å². The van der Waals surface area contributed by atoms with Gasteiger partial charge in [-0.05, 0) is 54.1 Å². The molecule has 0 saturated carbocycles. The lowest BCUT2D eigenvalue weighted by atomic mass is 10.2. The maximum Gasteiger partial charge on any atom is 0.264 e. The van der Waals surface area contributed by atoms with Crippen LogP contribution in [0.15, 0.2) is 71.6 Å². The molecule has 10 heteroatoms. The minimum Gasteiger partial charge on any atom is -0.493 e. The Morgan fingerprint density at radius 2 is 1.61 bits per heavy atom. The summed E-state index contributed by atoms with van der Waals surface area (Å²) in [6, 6.07) is 15.9. The Balaban J connectivity index is 1.90. The summed E-state index contributed by atoms with van der Waals surface area (Å²) in [5, 5.41) is 3.08. The van der Waals surface area contributed by atoms with Gasteiger partial charge in [0.15, 0.2) is 11.5 Å². The van der Waals surface area contributed by atoms with Gasteiger partial charge in [-0.15, -0.1) is 0 Å². The molecule has 7 nitrogen and oxygen atoms in total. The number of nitrogens with zero attached hydrogens (tertiary/aromatic N) is 1. The summed E-state index contributed by atoms with van der Waals surface area (Å²) >= 11 is 5.95. The van der Waals surface area contributed by atoms with E-state index in [1.54, 1.807) is 0 Å². The van der Waals surface area contributed by atoms with Crippen LogP contribution in [-0.4, -0.2) is 35.1 Å². The highest BCUT2D eigenvalue weighted by Gasteiger charge is 2.28. The van der Waals surface area contributed by atoms with E-state index in [-0.39, 0.29) is 28.7 Å². The van der Waals surface area contributed by atoms with Crippen LogP contribution < -0.4 is 19.1 Å². The number of rotatable bonds is 9. The van der Waals surface area contributed by atoms with Gasteiger partial charge in [0.1, 0.15) is 12.4 Å². The Bertz CT molecular complexity index is 1220. The van der Waals surface area contributed by atoms with E-state index < -0.39 is 22.5 Å². The summed E-state index contributed by atoms with van der Waals surface area (Å²) in [5.41, 5.74) is 0.927. The average Bonchev–Trinajstić information content (AvgIpc) is 2.82. The van der Waals surface area contributed by atoms with Gasteiger partial charge in [-0.2, -0.15) is 0 Å². The van der Waals surface area contributed by atoms with Crippen molar-refractivity contribution >= 4 is 33.2 Å². The van der Waals surface area contributed by atoms with Gasteiger partial charge in [-0.1, -0.05) is 23.7 Å². The van der Waals surface area contributed by atoms with Crippen molar-refractivity contribution in [2.75, 3.05) is 25.1 Å². The third kappa shape index (κ3) is 5.94. The first kappa shape index (κ1) is 24.3. The summed E-state index contributed by atoms with van der Waals surface area (Å²) in [6.07, 6.45) is 0. The highest BCUT2D eigenvalue weighted by molar-refractivity contribution is 7.92. The summed E-state index contributed by atoms with van der Waals surface area (Å²) < 4.78 is 51.5. The van der Waals surface area contributed by atoms with Crippen molar-refractivity contribution in [1.82, 2.24) is 5.32 Å². The van der Waals surface area contributed by atoms with E-state index in [4.69, 9.17) is 21.1 Å². The maximum absolute atomic E-state index is 13.5. The zero-order valence-electron chi connectivity index (χ0n) is 17.9. The van der Waals surface area contributed by atoms with E-state index in [1.165, 1.54) is 80.9 Å². The van der Waals surface area contributed by atoms with Crippen LogP contribution >= 0.6 is 11.6 Å². The number of methoxy groups -OCH3 is 2. The smallest absolute Gasteiger partial charge is 0.264 e. The van der Waals surface area contributed by atoms with Crippen molar-refractivity contribution in [1.29, 1.82) is 0 Å². The Labute approximate surface area is 196 Å². The van der Waals surface area contributed by atoms with Crippen LogP contribution in [0.25, 0.3) is 0 Å². The number of ether oxygens (including phenoxy) is 2. The lowest BCUT2D eigenvalue weighted by Crippen LogP contribution is -2.40. The van der Waals surface area contributed by atoms with Gasteiger partial charge in [0.05, 0.1) is 24.8 Å². The molecule has 3 rings (SSSR count). The first-order chi connectivity index (χ1) is 15.7. The van der Waals surface area contributed by atoms with E-state index in [1.807, 2.05) is 0 Å². The van der Waals surface area contributed by atoms with E-state index in [9.17, 15) is 17.6 Å². The molecule has 174 valence electrons. The van der Waals surface area contributed by atoms with E-state index in [0.29, 0.717) is 16.3 Å². The largest absolute Gasteiger partial charge is 0.493 e. The van der Waals surface area contributed by atoms with Crippen molar-refractivity contribution in [2.24, 2.45) is 0 Å². The number of halogens is 2. The number of hydrogen-bond donors (Lipinski definition) is 1. The maximum atomic E-state index is 13.5. The number of sulfonamides is 1. The Morgan fingerprint density at radius 1 is 0.970 bits per heavy atom. The predicted octanol–water partition coefficient (Wildman–Crippen LogP) is 4.01. The third-order valence-corrected chi connectivity index (χ3v) is 6.77. The quantitative estimate of drug-likeness (QED) is 0.488. The molecule has 0 unspecified atom stereocenters. The number of nitrogens with one attached hydrogen (secondary N) is 1. The molecule has 0 spiro atoms. The lowest BCUT2D eigenvalue weighted by molar-refractivity contribution is -0.119. The molecule has 0 atom stereocenters. The Kier molecular flexibility index (Phi) is 7.78. The number of carbonyl (C=O) groups is 1. The molecule has 0 aromatic heterocycles. The van der Waals surface area contributed by atoms with E-state index in [0.717, 1.165) is 4.31 Å². The number of hydrogen-bond acceptors (Lipinski definition) is 5. The molecule has 0 fully saturated rings. The zero-order chi connectivity index (χ0) is 24.0. The molecular weight excluding hydrogens is 471 g/mol. The van der Waals surface area contributed by atoms with Crippen LogP contribution in [-0.2, 0) is 21.4 Å².